The Balaban J connectivity index is 1.31. The van der Waals surface area contributed by atoms with E-state index < -0.39 is 0 Å². The molecule has 184 valence electrons. The standard InChI is InChI=1S/C28H27FN4O3/c1-19-7-8-22(31-23-13-21(29)14-24(15-23)33-9-11-35-12-10-33)16-25(19)26-17-27(36-32-26)28(34)30-18-20-5-3-2-4-6-20/h2-8,13-17,31H,9-12,18H2,1H3,(H,30,34). The van der Waals surface area contributed by atoms with Crippen molar-refractivity contribution >= 4 is 23.0 Å². The predicted octanol–water partition coefficient (Wildman–Crippen LogP) is 5.30. The number of aryl methyl sites for hydroxylation is 1. The normalized spacial score (nSPS) is 13.4. The van der Waals surface area contributed by atoms with Crippen LogP contribution in [0.15, 0.2) is 77.3 Å². The molecular formula is C28H27FN4O3. The molecule has 5 rings (SSSR count). The number of rotatable bonds is 7. The third-order valence-corrected chi connectivity index (χ3v) is 6.09. The van der Waals surface area contributed by atoms with Crippen LogP contribution in [0.1, 0.15) is 21.7 Å². The highest BCUT2D eigenvalue weighted by molar-refractivity contribution is 5.92. The summed E-state index contributed by atoms with van der Waals surface area (Å²) in [6.07, 6.45) is 0. The van der Waals surface area contributed by atoms with Crippen molar-refractivity contribution < 1.29 is 18.4 Å². The summed E-state index contributed by atoms with van der Waals surface area (Å²) in [7, 11) is 0. The van der Waals surface area contributed by atoms with E-state index in [1.807, 2.05) is 61.5 Å². The van der Waals surface area contributed by atoms with E-state index in [0.29, 0.717) is 31.1 Å². The van der Waals surface area contributed by atoms with E-state index in [1.54, 1.807) is 6.07 Å². The Bertz CT molecular complexity index is 1350. The second-order valence-corrected chi connectivity index (χ2v) is 8.70. The monoisotopic (exact) mass is 486 g/mol. The zero-order valence-corrected chi connectivity index (χ0v) is 20.0. The summed E-state index contributed by atoms with van der Waals surface area (Å²) in [5.41, 5.74) is 5.56. The maximum atomic E-state index is 14.4. The van der Waals surface area contributed by atoms with Gasteiger partial charge in [-0.2, -0.15) is 0 Å². The predicted molar refractivity (Wildman–Crippen MR) is 137 cm³/mol. The molecule has 1 aliphatic heterocycles. The topological polar surface area (TPSA) is 79.6 Å². The number of amides is 1. The van der Waals surface area contributed by atoms with Crippen molar-refractivity contribution in [3.63, 3.8) is 0 Å². The average molecular weight is 487 g/mol. The maximum absolute atomic E-state index is 14.4. The van der Waals surface area contributed by atoms with Gasteiger partial charge in [0, 0.05) is 48.3 Å². The molecule has 0 atom stereocenters. The van der Waals surface area contributed by atoms with Gasteiger partial charge in [0.2, 0.25) is 5.76 Å². The van der Waals surface area contributed by atoms with Crippen LogP contribution in [0.2, 0.25) is 0 Å². The molecule has 0 bridgehead atoms. The molecule has 0 aliphatic carbocycles. The Morgan fingerprint density at radius 2 is 1.81 bits per heavy atom. The molecular weight excluding hydrogens is 459 g/mol. The molecule has 0 unspecified atom stereocenters. The third kappa shape index (κ3) is 5.55. The fourth-order valence-electron chi connectivity index (χ4n) is 4.17. The molecule has 2 N–H and O–H groups in total. The molecule has 4 aromatic rings. The first-order valence-corrected chi connectivity index (χ1v) is 11.9. The number of ether oxygens (including phenoxy) is 1. The zero-order chi connectivity index (χ0) is 24.9. The van der Waals surface area contributed by atoms with Gasteiger partial charge in [-0.15, -0.1) is 0 Å². The molecule has 1 fully saturated rings. The highest BCUT2D eigenvalue weighted by Crippen LogP contribution is 2.30. The number of morpholine rings is 1. The van der Waals surface area contributed by atoms with Gasteiger partial charge in [-0.25, -0.2) is 4.39 Å². The number of hydrogen-bond acceptors (Lipinski definition) is 6. The average Bonchev–Trinajstić information content (AvgIpc) is 3.39. The van der Waals surface area contributed by atoms with E-state index in [9.17, 15) is 9.18 Å². The second-order valence-electron chi connectivity index (χ2n) is 8.70. The number of halogens is 1. The van der Waals surface area contributed by atoms with Crippen LogP contribution in [-0.4, -0.2) is 37.4 Å². The smallest absolute Gasteiger partial charge is 0.290 e. The second kappa shape index (κ2) is 10.6. The number of carbonyl (C=O) groups excluding carboxylic acids is 1. The Kier molecular flexibility index (Phi) is 6.95. The van der Waals surface area contributed by atoms with Gasteiger partial charge in [-0.3, -0.25) is 4.79 Å². The number of carbonyl (C=O) groups is 1. The summed E-state index contributed by atoms with van der Waals surface area (Å²) in [5.74, 6) is -0.504. The van der Waals surface area contributed by atoms with Crippen molar-refractivity contribution in [1.29, 1.82) is 0 Å². The lowest BCUT2D eigenvalue weighted by molar-refractivity contribution is 0.0914. The lowest BCUT2D eigenvalue weighted by Crippen LogP contribution is -2.36. The van der Waals surface area contributed by atoms with Gasteiger partial charge >= 0.3 is 0 Å². The summed E-state index contributed by atoms with van der Waals surface area (Å²) in [6.45, 7) is 5.07. The molecule has 2 heterocycles. The Morgan fingerprint density at radius 3 is 2.61 bits per heavy atom. The molecule has 0 saturated carbocycles. The van der Waals surface area contributed by atoms with E-state index >= 15 is 0 Å². The summed E-state index contributed by atoms with van der Waals surface area (Å²) in [5, 5.41) is 10.3. The first-order chi connectivity index (χ1) is 17.5. The van der Waals surface area contributed by atoms with Crippen LogP contribution in [0.3, 0.4) is 0 Å². The van der Waals surface area contributed by atoms with E-state index in [-0.39, 0.29) is 17.5 Å². The van der Waals surface area contributed by atoms with Crippen LogP contribution in [0.5, 0.6) is 0 Å². The van der Waals surface area contributed by atoms with Crippen molar-refractivity contribution in [1.82, 2.24) is 10.5 Å². The first-order valence-electron chi connectivity index (χ1n) is 11.9. The molecule has 36 heavy (non-hydrogen) atoms. The van der Waals surface area contributed by atoms with Crippen LogP contribution in [0, 0.1) is 12.7 Å². The van der Waals surface area contributed by atoms with Crippen molar-refractivity contribution in [2.75, 3.05) is 36.5 Å². The maximum Gasteiger partial charge on any atom is 0.290 e. The molecule has 1 aromatic heterocycles. The summed E-state index contributed by atoms with van der Waals surface area (Å²) in [4.78, 5) is 14.7. The highest BCUT2D eigenvalue weighted by atomic mass is 19.1. The van der Waals surface area contributed by atoms with Crippen LogP contribution in [0.25, 0.3) is 11.3 Å². The minimum absolute atomic E-state index is 0.138. The van der Waals surface area contributed by atoms with Gasteiger partial charge in [-0.05, 0) is 48.4 Å². The molecule has 1 amide bonds. The minimum atomic E-state index is -0.333. The number of benzene rings is 3. The lowest BCUT2D eigenvalue weighted by atomic mass is 10.0. The van der Waals surface area contributed by atoms with Gasteiger partial charge in [0.25, 0.3) is 5.91 Å². The van der Waals surface area contributed by atoms with E-state index in [1.165, 1.54) is 12.1 Å². The Labute approximate surface area is 208 Å². The zero-order valence-electron chi connectivity index (χ0n) is 20.0. The number of nitrogens with zero attached hydrogens (tertiary/aromatic N) is 2. The summed E-state index contributed by atoms with van der Waals surface area (Å²) >= 11 is 0. The molecule has 0 radical (unpaired) electrons. The van der Waals surface area contributed by atoms with Crippen molar-refractivity contribution in [3.8, 4) is 11.3 Å². The molecule has 8 heteroatoms. The SMILES string of the molecule is Cc1ccc(Nc2cc(F)cc(N3CCOCC3)c2)cc1-c1cc(C(=O)NCc2ccccc2)on1. The summed E-state index contributed by atoms with van der Waals surface area (Å²) in [6, 6.07) is 22.0. The highest BCUT2D eigenvalue weighted by Gasteiger charge is 2.16. The van der Waals surface area contributed by atoms with E-state index in [2.05, 4.69) is 20.7 Å². The van der Waals surface area contributed by atoms with E-state index in [0.717, 1.165) is 41.2 Å². The molecule has 1 saturated heterocycles. The Morgan fingerprint density at radius 1 is 1.00 bits per heavy atom. The van der Waals surface area contributed by atoms with Crippen LogP contribution in [-0.2, 0) is 11.3 Å². The van der Waals surface area contributed by atoms with Crippen molar-refractivity contribution in [3.05, 3.63) is 95.5 Å². The molecule has 7 nitrogen and oxygen atoms in total. The molecule has 0 spiro atoms. The molecule has 3 aromatic carbocycles. The van der Waals surface area contributed by atoms with E-state index in [4.69, 9.17) is 9.26 Å². The van der Waals surface area contributed by atoms with Crippen LogP contribution in [0.4, 0.5) is 21.5 Å². The fourth-order valence-corrected chi connectivity index (χ4v) is 4.17. The quantitative estimate of drug-likeness (QED) is 0.369. The summed E-state index contributed by atoms with van der Waals surface area (Å²) < 4.78 is 25.1. The van der Waals surface area contributed by atoms with Gasteiger partial charge in [0.05, 0.1) is 13.2 Å². The van der Waals surface area contributed by atoms with Gasteiger partial charge in [-0.1, -0.05) is 41.6 Å². The third-order valence-electron chi connectivity index (χ3n) is 6.09. The van der Waals surface area contributed by atoms with Crippen LogP contribution < -0.4 is 15.5 Å². The van der Waals surface area contributed by atoms with Crippen LogP contribution >= 0.6 is 0 Å². The van der Waals surface area contributed by atoms with Crippen molar-refractivity contribution in [2.24, 2.45) is 0 Å². The van der Waals surface area contributed by atoms with Gasteiger partial charge in [0.15, 0.2) is 0 Å². The van der Waals surface area contributed by atoms with Gasteiger partial charge < -0.3 is 24.8 Å². The largest absolute Gasteiger partial charge is 0.378 e. The number of aromatic nitrogens is 1. The Hall–Kier alpha value is -4.17. The first kappa shape index (κ1) is 23.6. The lowest BCUT2D eigenvalue weighted by Gasteiger charge is -2.29. The minimum Gasteiger partial charge on any atom is -0.378 e. The number of hydrogen-bond donors (Lipinski definition) is 2. The number of nitrogens with one attached hydrogen (secondary N) is 2. The number of anilines is 3. The van der Waals surface area contributed by atoms with Gasteiger partial charge in [0.1, 0.15) is 11.5 Å². The fraction of sp³-hybridized carbons (Fsp3) is 0.214. The van der Waals surface area contributed by atoms with Crippen molar-refractivity contribution in [2.45, 2.75) is 13.5 Å². The molecule has 1 aliphatic rings.